The molecular weight excluding hydrogens is 268 g/mol. The van der Waals surface area contributed by atoms with Crippen molar-refractivity contribution in [3.05, 3.63) is 47.1 Å². The zero-order valence-electron chi connectivity index (χ0n) is 12.0. The molecule has 1 saturated carbocycles. The zero-order chi connectivity index (χ0) is 14.8. The van der Waals surface area contributed by atoms with E-state index >= 15 is 0 Å². The number of aromatic nitrogens is 2. The molecule has 2 aromatic rings. The third-order valence-electron chi connectivity index (χ3n) is 3.60. The molecular formula is C15H18N4O2. The highest BCUT2D eigenvalue weighted by atomic mass is 16.5. The van der Waals surface area contributed by atoms with Crippen molar-refractivity contribution < 1.29 is 9.32 Å². The number of hydrogen-bond acceptors (Lipinski definition) is 5. The van der Waals surface area contributed by atoms with Crippen LogP contribution >= 0.6 is 0 Å². The third-order valence-corrected chi connectivity index (χ3v) is 3.60. The summed E-state index contributed by atoms with van der Waals surface area (Å²) in [7, 11) is 0. The lowest BCUT2D eigenvalue weighted by molar-refractivity contribution is 0.100. The second-order valence-electron chi connectivity index (χ2n) is 5.43. The molecule has 0 atom stereocenters. The van der Waals surface area contributed by atoms with E-state index in [1.807, 2.05) is 19.1 Å². The first-order valence-electron chi connectivity index (χ1n) is 7.04. The summed E-state index contributed by atoms with van der Waals surface area (Å²) in [5.74, 6) is 0.904. The Bertz CT molecular complexity index is 631. The number of primary amides is 1. The van der Waals surface area contributed by atoms with Crippen LogP contribution in [-0.2, 0) is 13.1 Å². The van der Waals surface area contributed by atoms with E-state index in [1.54, 1.807) is 12.1 Å². The molecule has 0 spiro atoms. The Labute approximate surface area is 122 Å². The van der Waals surface area contributed by atoms with Gasteiger partial charge in [0.2, 0.25) is 11.8 Å². The summed E-state index contributed by atoms with van der Waals surface area (Å²) in [4.78, 5) is 17.7. The highest BCUT2D eigenvalue weighted by molar-refractivity contribution is 5.92. The summed E-state index contributed by atoms with van der Waals surface area (Å²) >= 11 is 0. The lowest BCUT2D eigenvalue weighted by atomic mass is 10.1. The van der Waals surface area contributed by atoms with Crippen LogP contribution in [0.4, 0.5) is 0 Å². The lowest BCUT2D eigenvalue weighted by Crippen LogP contribution is -2.25. The van der Waals surface area contributed by atoms with Crippen LogP contribution in [0.2, 0.25) is 0 Å². The molecule has 0 saturated heterocycles. The minimum absolute atomic E-state index is 0.401. The van der Waals surface area contributed by atoms with E-state index in [-0.39, 0.29) is 0 Å². The molecule has 1 aromatic carbocycles. The number of benzene rings is 1. The molecule has 6 heteroatoms. The van der Waals surface area contributed by atoms with E-state index in [9.17, 15) is 4.79 Å². The third kappa shape index (κ3) is 3.46. The average molecular weight is 286 g/mol. The van der Waals surface area contributed by atoms with Gasteiger partial charge < -0.3 is 10.3 Å². The highest BCUT2D eigenvalue weighted by Gasteiger charge is 2.30. The summed E-state index contributed by atoms with van der Waals surface area (Å²) in [5, 5.41) is 3.82. The standard InChI is InChI=1S/C15H18N4O2/c1-10-17-14(21-18-10)9-19(13-6-7-13)8-11-2-4-12(5-3-11)15(16)20/h2-5,13H,6-9H2,1H3,(H2,16,20). The van der Waals surface area contributed by atoms with E-state index in [2.05, 4.69) is 15.0 Å². The van der Waals surface area contributed by atoms with Crippen LogP contribution in [0.5, 0.6) is 0 Å². The van der Waals surface area contributed by atoms with Crippen molar-refractivity contribution >= 4 is 5.91 Å². The molecule has 0 radical (unpaired) electrons. The van der Waals surface area contributed by atoms with Gasteiger partial charge in [-0.3, -0.25) is 9.69 Å². The minimum atomic E-state index is -0.401. The average Bonchev–Trinajstić information content (AvgIpc) is 3.23. The molecule has 0 bridgehead atoms. The smallest absolute Gasteiger partial charge is 0.248 e. The van der Waals surface area contributed by atoms with Gasteiger partial charge in [0.25, 0.3) is 0 Å². The first-order valence-corrected chi connectivity index (χ1v) is 7.04. The van der Waals surface area contributed by atoms with E-state index in [4.69, 9.17) is 10.3 Å². The molecule has 1 heterocycles. The molecule has 1 amide bonds. The van der Waals surface area contributed by atoms with Gasteiger partial charge in [-0.25, -0.2) is 0 Å². The van der Waals surface area contributed by atoms with Gasteiger partial charge >= 0.3 is 0 Å². The fraction of sp³-hybridized carbons (Fsp3) is 0.400. The normalized spacial score (nSPS) is 14.6. The van der Waals surface area contributed by atoms with Crippen molar-refractivity contribution in [2.45, 2.75) is 38.9 Å². The predicted octanol–water partition coefficient (Wildman–Crippen LogP) is 1.64. The first kappa shape index (κ1) is 13.8. The molecule has 110 valence electrons. The van der Waals surface area contributed by atoms with Crippen LogP contribution in [0.3, 0.4) is 0 Å². The summed E-state index contributed by atoms with van der Waals surface area (Å²) in [6, 6.07) is 7.98. The predicted molar refractivity (Wildman–Crippen MR) is 76.3 cm³/mol. The minimum Gasteiger partial charge on any atom is -0.366 e. The number of amides is 1. The summed E-state index contributed by atoms with van der Waals surface area (Å²) in [6.45, 7) is 3.27. The monoisotopic (exact) mass is 286 g/mol. The SMILES string of the molecule is Cc1noc(CN(Cc2ccc(C(N)=O)cc2)C2CC2)n1. The van der Waals surface area contributed by atoms with Crippen molar-refractivity contribution in [3.63, 3.8) is 0 Å². The highest BCUT2D eigenvalue weighted by Crippen LogP contribution is 2.29. The second-order valence-corrected chi connectivity index (χ2v) is 5.43. The summed E-state index contributed by atoms with van der Waals surface area (Å²) in [6.07, 6.45) is 2.40. The van der Waals surface area contributed by atoms with Gasteiger partial charge in [-0.2, -0.15) is 4.98 Å². The van der Waals surface area contributed by atoms with E-state index in [0.717, 1.165) is 12.1 Å². The van der Waals surface area contributed by atoms with Crippen LogP contribution in [-0.4, -0.2) is 27.0 Å². The second kappa shape index (κ2) is 5.65. The van der Waals surface area contributed by atoms with E-state index in [1.165, 1.54) is 12.8 Å². The van der Waals surface area contributed by atoms with Gasteiger partial charge in [0.15, 0.2) is 5.82 Å². The van der Waals surface area contributed by atoms with E-state index in [0.29, 0.717) is 29.9 Å². The van der Waals surface area contributed by atoms with Crippen LogP contribution in [0, 0.1) is 6.92 Å². The van der Waals surface area contributed by atoms with Gasteiger partial charge in [-0.1, -0.05) is 17.3 Å². The maximum atomic E-state index is 11.1. The van der Waals surface area contributed by atoms with Crippen molar-refractivity contribution in [1.82, 2.24) is 15.0 Å². The number of hydrogen-bond donors (Lipinski definition) is 1. The Hall–Kier alpha value is -2.21. The number of carbonyl (C=O) groups excluding carboxylic acids is 1. The van der Waals surface area contributed by atoms with E-state index < -0.39 is 5.91 Å². The molecule has 2 N–H and O–H groups in total. The Morgan fingerprint density at radius 3 is 2.57 bits per heavy atom. The largest absolute Gasteiger partial charge is 0.366 e. The molecule has 21 heavy (non-hydrogen) atoms. The van der Waals surface area contributed by atoms with Gasteiger partial charge in [-0.05, 0) is 37.5 Å². The van der Waals surface area contributed by atoms with Gasteiger partial charge in [0.05, 0.1) is 6.54 Å². The number of rotatable bonds is 6. The fourth-order valence-electron chi connectivity index (χ4n) is 2.34. The Morgan fingerprint density at radius 1 is 1.33 bits per heavy atom. The van der Waals surface area contributed by atoms with Crippen molar-refractivity contribution in [3.8, 4) is 0 Å². The van der Waals surface area contributed by atoms with Crippen LogP contribution in [0.1, 0.15) is 40.5 Å². The molecule has 1 aliphatic carbocycles. The molecule has 6 nitrogen and oxygen atoms in total. The fourth-order valence-corrected chi connectivity index (χ4v) is 2.34. The molecule has 1 fully saturated rings. The number of nitrogens with zero attached hydrogens (tertiary/aromatic N) is 3. The topological polar surface area (TPSA) is 85.3 Å². The van der Waals surface area contributed by atoms with Crippen molar-refractivity contribution in [2.24, 2.45) is 5.73 Å². The maximum absolute atomic E-state index is 11.1. The lowest BCUT2D eigenvalue weighted by Gasteiger charge is -2.20. The van der Waals surface area contributed by atoms with Crippen LogP contribution in [0.15, 0.2) is 28.8 Å². The quantitative estimate of drug-likeness (QED) is 0.872. The van der Waals surface area contributed by atoms with Crippen molar-refractivity contribution in [1.29, 1.82) is 0 Å². The Kier molecular flexibility index (Phi) is 3.70. The van der Waals surface area contributed by atoms with Crippen LogP contribution < -0.4 is 5.73 Å². The first-order chi connectivity index (χ1) is 10.1. The molecule has 0 aliphatic heterocycles. The molecule has 1 aromatic heterocycles. The maximum Gasteiger partial charge on any atom is 0.248 e. The molecule has 0 unspecified atom stereocenters. The van der Waals surface area contributed by atoms with Gasteiger partial charge in [-0.15, -0.1) is 0 Å². The Balaban J connectivity index is 1.68. The molecule has 3 rings (SSSR count). The van der Waals surface area contributed by atoms with Crippen molar-refractivity contribution in [2.75, 3.05) is 0 Å². The summed E-state index contributed by atoms with van der Waals surface area (Å²) in [5.41, 5.74) is 6.92. The Morgan fingerprint density at radius 2 is 2.05 bits per heavy atom. The molecule has 1 aliphatic rings. The number of carbonyl (C=O) groups is 1. The van der Waals surface area contributed by atoms with Gasteiger partial charge in [0, 0.05) is 18.2 Å². The summed E-state index contributed by atoms with van der Waals surface area (Å²) < 4.78 is 5.20. The zero-order valence-corrected chi connectivity index (χ0v) is 12.0. The van der Waals surface area contributed by atoms with Gasteiger partial charge in [0.1, 0.15) is 0 Å². The number of nitrogens with two attached hydrogens (primary N) is 1. The van der Waals surface area contributed by atoms with Crippen LogP contribution in [0.25, 0.3) is 0 Å². The number of aryl methyl sites for hydroxylation is 1.